The number of ether oxygens (including phenoxy) is 1. The normalized spacial score (nSPS) is 10.6. The van der Waals surface area contributed by atoms with Crippen molar-refractivity contribution in [3.05, 3.63) is 82.5 Å². The predicted octanol–water partition coefficient (Wildman–Crippen LogP) is 9.74. The van der Waals surface area contributed by atoms with Gasteiger partial charge in [0.2, 0.25) is 0 Å². The fourth-order valence-corrected chi connectivity index (χ4v) is 8.00. The summed E-state index contributed by atoms with van der Waals surface area (Å²) in [4.78, 5) is 3.04. The van der Waals surface area contributed by atoms with E-state index in [-0.39, 0.29) is 18.9 Å². The van der Waals surface area contributed by atoms with E-state index in [9.17, 15) is 0 Å². The van der Waals surface area contributed by atoms with Gasteiger partial charge in [0.1, 0.15) is 0 Å². The minimum Gasteiger partial charge on any atom is -0.143 e. The molecule has 5 rings (SSSR count). The summed E-state index contributed by atoms with van der Waals surface area (Å²) in [6, 6.07) is 8.91. The quantitative estimate of drug-likeness (QED) is 0.139. The molecule has 4 aromatic rings. The Bertz CT molecular complexity index is 1030. The van der Waals surface area contributed by atoms with Gasteiger partial charge in [0.15, 0.2) is 0 Å². The Labute approximate surface area is 295 Å². The molecule has 1 nitrogen and oxygen atoms in total. The second-order valence-electron chi connectivity index (χ2n) is 7.67. The summed E-state index contributed by atoms with van der Waals surface area (Å²) in [5.74, 6) is 0. The maximum Gasteiger partial charge on any atom is 1.00 e. The zero-order valence-electron chi connectivity index (χ0n) is 22.8. The van der Waals surface area contributed by atoms with Crippen LogP contribution in [0.2, 0.25) is 0 Å². The van der Waals surface area contributed by atoms with Gasteiger partial charge < -0.3 is 11.7 Å². The number of fused-ring (bicyclic) bond motifs is 3. The van der Waals surface area contributed by atoms with Crippen molar-refractivity contribution < 1.29 is 36.7 Å². The SMILES string of the molecule is Brc1sccc1CCc1ccsc1Br.CCOCC.[CH2-]CCC.[Cl][Cu][Cl].[Li+].c1cc2c(s1)-c1sccc1CC2. The molecule has 0 spiro atoms. The fraction of sp³-hybridized carbons (Fsp3) is 0.393. The van der Waals surface area contributed by atoms with Gasteiger partial charge in [-0.15, -0.1) is 45.3 Å². The zero-order chi connectivity index (χ0) is 28.2. The van der Waals surface area contributed by atoms with Crippen LogP contribution in [0.25, 0.3) is 9.75 Å². The first-order valence-electron chi connectivity index (χ1n) is 12.2. The Morgan fingerprint density at radius 3 is 1.38 bits per heavy atom. The van der Waals surface area contributed by atoms with E-state index in [0.29, 0.717) is 0 Å². The topological polar surface area (TPSA) is 9.23 Å². The summed E-state index contributed by atoms with van der Waals surface area (Å²) in [6.07, 6.45) is 6.98. The molecule has 39 heavy (non-hydrogen) atoms. The number of rotatable bonds is 6. The van der Waals surface area contributed by atoms with Crippen molar-refractivity contribution in [1.29, 1.82) is 0 Å². The number of thiophene rings is 4. The number of unbranched alkanes of at least 4 members (excludes halogenated alkanes) is 1. The van der Waals surface area contributed by atoms with Gasteiger partial charge in [-0.2, -0.15) is 6.42 Å². The average Bonchev–Trinajstić information content (AvgIpc) is 3.72. The van der Waals surface area contributed by atoms with Gasteiger partial charge in [0.05, 0.1) is 7.57 Å². The van der Waals surface area contributed by atoms with Crippen LogP contribution in [0.15, 0.2) is 53.4 Å². The van der Waals surface area contributed by atoms with Crippen LogP contribution in [0.3, 0.4) is 0 Å². The van der Waals surface area contributed by atoms with Gasteiger partial charge >= 0.3 is 52.2 Å². The molecule has 0 radical (unpaired) electrons. The molecule has 11 heteroatoms. The Morgan fingerprint density at radius 2 is 1.13 bits per heavy atom. The fourth-order valence-electron chi connectivity index (χ4n) is 3.20. The molecule has 1 aliphatic rings. The van der Waals surface area contributed by atoms with Gasteiger partial charge in [-0.25, -0.2) is 0 Å². The smallest absolute Gasteiger partial charge is 0.143 e. The summed E-state index contributed by atoms with van der Waals surface area (Å²) in [5.41, 5.74) is 5.92. The number of aryl methyl sites for hydroxylation is 4. The summed E-state index contributed by atoms with van der Waals surface area (Å²) in [5, 5.41) is 8.67. The van der Waals surface area contributed by atoms with E-state index in [4.69, 9.17) is 4.74 Å². The van der Waals surface area contributed by atoms with E-state index in [2.05, 4.69) is 112 Å². The van der Waals surface area contributed by atoms with Gasteiger partial charge in [-0.3, -0.25) is 0 Å². The van der Waals surface area contributed by atoms with Crippen LogP contribution in [0.1, 0.15) is 55.9 Å². The van der Waals surface area contributed by atoms with Gasteiger partial charge in [-0.1, -0.05) is 13.3 Å². The molecule has 0 aromatic carbocycles. The molecule has 0 saturated carbocycles. The van der Waals surface area contributed by atoms with E-state index in [1.807, 2.05) is 36.5 Å². The van der Waals surface area contributed by atoms with Crippen LogP contribution in [0.4, 0.5) is 0 Å². The molecule has 0 unspecified atom stereocenters. The molecule has 0 aliphatic heterocycles. The number of halogens is 4. The zero-order valence-corrected chi connectivity index (χ0v) is 31.7. The van der Waals surface area contributed by atoms with Crippen LogP contribution >= 0.6 is 97.4 Å². The third kappa shape index (κ3) is 16.2. The predicted molar refractivity (Wildman–Crippen MR) is 181 cm³/mol. The van der Waals surface area contributed by atoms with Crippen molar-refractivity contribution in [3.63, 3.8) is 0 Å². The van der Waals surface area contributed by atoms with Crippen molar-refractivity contribution in [2.45, 2.75) is 59.3 Å². The molecule has 0 amide bonds. The molecule has 0 N–H and O–H groups in total. The molecule has 4 heterocycles. The second kappa shape index (κ2) is 25.9. The van der Waals surface area contributed by atoms with E-state index < -0.39 is 0 Å². The van der Waals surface area contributed by atoms with Crippen LogP contribution in [0.5, 0.6) is 0 Å². The molecule has 217 valence electrons. The minimum atomic E-state index is 0. The van der Waals surface area contributed by atoms with Crippen molar-refractivity contribution >= 4 is 97.4 Å². The van der Waals surface area contributed by atoms with Gasteiger partial charge in [0, 0.05) is 23.0 Å². The molecule has 0 atom stereocenters. The summed E-state index contributed by atoms with van der Waals surface area (Å²) >= 11 is 15.1. The maximum absolute atomic E-state index is 4.83. The molecule has 0 fully saturated rings. The largest absolute Gasteiger partial charge is 1.00 e. The second-order valence-corrected chi connectivity index (χ2v) is 15.5. The first kappa shape index (κ1) is 40.4. The molecule has 4 aromatic heterocycles. The van der Waals surface area contributed by atoms with Gasteiger partial charge in [0.25, 0.3) is 0 Å². The average molecular weight is 817 g/mol. The molecule has 0 bridgehead atoms. The van der Waals surface area contributed by atoms with E-state index in [1.54, 1.807) is 33.8 Å². The monoisotopic (exact) mass is 813 g/mol. The van der Waals surface area contributed by atoms with Crippen LogP contribution in [-0.4, -0.2) is 13.2 Å². The molecular formula is C28H35Br2Cl2CuLiOS4. The Balaban J connectivity index is 0.000000523. The molecule has 1 aliphatic carbocycles. The minimum absolute atomic E-state index is 0. The number of hydrogen-bond acceptors (Lipinski definition) is 5. The van der Waals surface area contributed by atoms with Crippen LogP contribution in [0, 0.1) is 6.92 Å². The Morgan fingerprint density at radius 1 is 0.769 bits per heavy atom. The third-order valence-electron chi connectivity index (χ3n) is 5.18. The molecule has 0 saturated heterocycles. The van der Waals surface area contributed by atoms with Gasteiger partial charge in [-0.05, 0) is 139 Å². The first-order chi connectivity index (χ1) is 18.5. The summed E-state index contributed by atoms with van der Waals surface area (Å²) < 4.78 is 7.37. The van der Waals surface area contributed by atoms with E-state index in [1.165, 1.54) is 47.7 Å². The van der Waals surface area contributed by atoms with E-state index in [0.717, 1.165) is 45.6 Å². The maximum atomic E-state index is 4.83. The summed E-state index contributed by atoms with van der Waals surface area (Å²) in [7, 11) is 9.34. The van der Waals surface area contributed by atoms with Crippen LogP contribution < -0.4 is 18.9 Å². The molecular weight excluding hydrogens is 782 g/mol. The van der Waals surface area contributed by atoms with Crippen molar-refractivity contribution in [1.82, 2.24) is 0 Å². The Kier molecular flexibility index (Phi) is 26.8. The van der Waals surface area contributed by atoms with E-state index >= 15 is 0 Å². The van der Waals surface area contributed by atoms with Crippen molar-refractivity contribution in [2.24, 2.45) is 0 Å². The van der Waals surface area contributed by atoms with Crippen LogP contribution in [-0.2, 0) is 43.6 Å². The first-order valence-corrected chi connectivity index (χ1v) is 19.9. The summed E-state index contributed by atoms with van der Waals surface area (Å²) in [6.45, 7) is 11.4. The van der Waals surface area contributed by atoms with Crippen molar-refractivity contribution in [2.75, 3.05) is 13.2 Å². The number of hydrogen-bond donors (Lipinski definition) is 0. The van der Waals surface area contributed by atoms with Crippen molar-refractivity contribution in [3.8, 4) is 9.75 Å². The third-order valence-corrected chi connectivity index (χ3v) is 10.9. The standard InChI is InChI=1S/C10H8Br2S2.C10H8S2.C4H10O.C4H9.2ClH.Cu.Li/c11-9-7(3-5-13-9)1-2-8-4-6-14-10(8)12;1-2-8-4-6-12-10(8)9-7(1)3-5-11-9;1-3-5-4-2;1-3-4-2;;;;/h3-6H,1-2H2;3-6H,1-2H2;3-4H2,1-2H3;1,3-4H2,2H3;2*1H;;/q;;;-1;;;+2;+1/p-2. The Hall–Kier alpha value is 1.42.